The van der Waals surface area contributed by atoms with Gasteiger partial charge in [0.05, 0.1) is 0 Å². The molecule has 0 aliphatic rings. The van der Waals surface area contributed by atoms with Gasteiger partial charge in [0.2, 0.25) is 0 Å². The maximum atomic E-state index is 12.1. The molecule has 0 unspecified atom stereocenters. The first kappa shape index (κ1) is 16.9. The fourth-order valence-corrected chi connectivity index (χ4v) is 2.59. The molecule has 1 N–H and O–H groups in total. The largest absolute Gasteiger partial charge is 0.271 e. The van der Waals surface area contributed by atoms with Crippen LogP contribution in [-0.4, -0.2) is 11.6 Å². The molecule has 0 heterocycles. The summed E-state index contributed by atoms with van der Waals surface area (Å²) in [6.07, 6.45) is 0.783. The van der Waals surface area contributed by atoms with E-state index in [0.717, 1.165) is 17.7 Å². The van der Waals surface area contributed by atoms with E-state index in [1.54, 1.807) is 0 Å². The first-order valence-electron chi connectivity index (χ1n) is 7.84. The first-order chi connectivity index (χ1) is 10.9. The van der Waals surface area contributed by atoms with E-state index in [9.17, 15) is 4.79 Å². The van der Waals surface area contributed by atoms with Crippen molar-refractivity contribution in [2.45, 2.75) is 39.5 Å². The fourth-order valence-electron chi connectivity index (χ4n) is 2.59. The molecule has 23 heavy (non-hydrogen) atoms. The van der Waals surface area contributed by atoms with Crippen molar-refractivity contribution in [3.8, 4) is 0 Å². The van der Waals surface area contributed by atoms with E-state index in [0.29, 0.717) is 5.56 Å². The van der Waals surface area contributed by atoms with Crippen molar-refractivity contribution in [3.05, 3.63) is 71.3 Å². The number of hydrogen-bond donors (Lipinski definition) is 1. The molecule has 0 aliphatic heterocycles. The van der Waals surface area contributed by atoms with Gasteiger partial charge in [-0.15, -0.1) is 0 Å². The maximum Gasteiger partial charge on any atom is 0.271 e. The molecule has 0 spiro atoms. The lowest BCUT2D eigenvalue weighted by Crippen LogP contribution is -2.24. The number of benzene rings is 2. The lowest BCUT2D eigenvalue weighted by molar-refractivity contribution is 0.0954. The third kappa shape index (κ3) is 4.78. The molecule has 2 rings (SSSR count). The van der Waals surface area contributed by atoms with Gasteiger partial charge in [0.25, 0.3) is 5.91 Å². The van der Waals surface area contributed by atoms with Gasteiger partial charge in [-0.1, -0.05) is 61.9 Å². The number of amides is 1. The quantitative estimate of drug-likeness (QED) is 0.642. The van der Waals surface area contributed by atoms with E-state index in [-0.39, 0.29) is 11.3 Å². The third-order valence-electron chi connectivity index (χ3n) is 3.92. The molecule has 3 heteroatoms. The molecule has 2 aromatic rings. The third-order valence-corrected chi connectivity index (χ3v) is 3.92. The van der Waals surface area contributed by atoms with Crippen molar-refractivity contribution in [1.82, 2.24) is 5.43 Å². The van der Waals surface area contributed by atoms with Gasteiger partial charge < -0.3 is 0 Å². The second kappa shape index (κ2) is 7.23. The van der Waals surface area contributed by atoms with Crippen LogP contribution >= 0.6 is 0 Å². The van der Waals surface area contributed by atoms with E-state index in [1.165, 1.54) is 5.56 Å². The summed E-state index contributed by atoms with van der Waals surface area (Å²) in [7, 11) is 0. The van der Waals surface area contributed by atoms with Crippen molar-refractivity contribution in [3.63, 3.8) is 0 Å². The van der Waals surface area contributed by atoms with E-state index in [2.05, 4.69) is 36.5 Å². The second-order valence-electron chi connectivity index (χ2n) is 6.58. The summed E-state index contributed by atoms with van der Waals surface area (Å²) >= 11 is 0. The van der Waals surface area contributed by atoms with Crippen LogP contribution in [0.4, 0.5) is 0 Å². The van der Waals surface area contributed by atoms with Gasteiger partial charge in [-0.2, -0.15) is 5.10 Å². The molecule has 0 aliphatic carbocycles. The highest BCUT2D eigenvalue weighted by Crippen LogP contribution is 2.27. The van der Waals surface area contributed by atoms with Crippen molar-refractivity contribution in [2.24, 2.45) is 5.10 Å². The molecule has 120 valence electrons. The van der Waals surface area contributed by atoms with Crippen LogP contribution in [-0.2, 0) is 5.41 Å². The Hall–Kier alpha value is -2.42. The van der Waals surface area contributed by atoms with Crippen LogP contribution in [0.1, 0.15) is 48.7 Å². The molecule has 0 saturated carbocycles. The lowest BCUT2D eigenvalue weighted by atomic mass is 9.80. The summed E-state index contributed by atoms with van der Waals surface area (Å²) in [6, 6.07) is 17.8. The van der Waals surface area contributed by atoms with Gasteiger partial charge in [0, 0.05) is 11.3 Å². The molecule has 0 atom stereocenters. The highest BCUT2D eigenvalue weighted by molar-refractivity contribution is 5.95. The van der Waals surface area contributed by atoms with Gasteiger partial charge in [-0.05, 0) is 43.4 Å². The average Bonchev–Trinajstić information content (AvgIpc) is 2.54. The van der Waals surface area contributed by atoms with Crippen LogP contribution in [0.25, 0.3) is 0 Å². The Morgan fingerprint density at radius 1 is 1.04 bits per heavy atom. The van der Waals surface area contributed by atoms with Gasteiger partial charge in [-0.3, -0.25) is 4.79 Å². The molecule has 0 saturated heterocycles. The molecular weight excluding hydrogens is 284 g/mol. The minimum atomic E-state index is -0.179. The Kier molecular flexibility index (Phi) is 5.32. The number of aryl methyl sites for hydroxylation is 1. The van der Waals surface area contributed by atoms with E-state index in [4.69, 9.17) is 0 Å². The summed E-state index contributed by atoms with van der Waals surface area (Å²) in [6.45, 7) is 8.31. The van der Waals surface area contributed by atoms with Crippen LogP contribution in [0, 0.1) is 6.92 Å². The summed E-state index contributed by atoms with van der Waals surface area (Å²) < 4.78 is 0. The van der Waals surface area contributed by atoms with E-state index < -0.39 is 0 Å². The van der Waals surface area contributed by atoms with Crippen LogP contribution < -0.4 is 5.43 Å². The Labute approximate surface area is 138 Å². The molecular formula is C20H24N2O. The molecule has 1 amide bonds. The monoisotopic (exact) mass is 308 g/mol. The molecule has 3 nitrogen and oxygen atoms in total. The molecule has 0 aromatic heterocycles. The number of carbonyl (C=O) groups is 1. The number of hydrazone groups is 1. The minimum absolute atomic E-state index is 0.0244. The first-order valence-corrected chi connectivity index (χ1v) is 7.84. The maximum absolute atomic E-state index is 12.1. The standard InChI is InChI=1S/C20H24N2O/c1-15-10-12-17(13-11-15)19(23)22-21-16(2)14-20(3,4)18-8-6-5-7-9-18/h5-13H,14H2,1-4H3,(H,22,23)/b21-16-. The average molecular weight is 308 g/mol. The fraction of sp³-hybridized carbons (Fsp3) is 0.300. The highest BCUT2D eigenvalue weighted by atomic mass is 16.2. The smallest absolute Gasteiger partial charge is 0.267 e. The van der Waals surface area contributed by atoms with Crippen molar-refractivity contribution in [1.29, 1.82) is 0 Å². The van der Waals surface area contributed by atoms with Crippen molar-refractivity contribution >= 4 is 11.6 Å². The van der Waals surface area contributed by atoms with Crippen LogP contribution in [0.15, 0.2) is 59.7 Å². The van der Waals surface area contributed by atoms with Crippen LogP contribution in [0.2, 0.25) is 0 Å². The second-order valence-corrected chi connectivity index (χ2v) is 6.58. The van der Waals surface area contributed by atoms with E-state index in [1.807, 2.05) is 56.3 Å². The molecule has 0 fully saturated rings. The number of carbonyl (C=O) groups excluding carboxylic acids is 1. The Morgan fingerprint density at radius 2 is 1.65 bits per heavy atom. The Bertz CT molecular complexity index is 685. The highest BCUT2D eigenvalue weighted by Gasteiger charge is 2.21. The van der Waals surface area contributed by atoms with Crippen molar-refractivity contribution < 1.29 is 4.79 Å². The van der Waals surface area contributed by atoms with E-state index >= 15 is 0 Å². The summed E-state index contributed by atoms with van der Waals surface area (Å²) in [5.74, 6) is -0.179. The lowest BCUT2D eigenvalue weighted by Gasteiger charge is -2.25. The summed E-state index contributed by atoms with van der Waals surface area (Å²) in [4.78, 5) is 12.1. The number of hydrogen-bond acceptors (Lipinski definition) is 2. The predicted molar refractivity (Wildman–Crippen MR) is 95.8 cm³/mol. The van der Waals surface area contributed by atoms with Crippen LogP contribution in [0.3, 0.4) is 0 Å². The Morgan fingerprint density at radius 3 is 2.26 bits per heavy atom. The number of rotatable bonds is 5. The number of nitrogens with zero attached hydrogens (tertiary/aromatic N) is 1. The zero-order chi connectivity index (χ0) is 16.9. The number of nitrogens with one attached hydrogen (secondary N) is 1. The van der Waals surface area contributed by atoms with Gasteiger partial charge in [0.15, 0.2) is 0 Å². The van der Waals surface area contributed by atoms with Gasteiger partial charge >= 0.3 is 0 Å². The zero-order valence-electron chi connectivity index (χ0n) is 14.3. The topological polar surface area (TPSA) is 41.5 Å². The minimum Gasteiger partial charge on any atom is -0.267 e. The molecule has 2 aromatic carbocycles. The van der Waals surface area contributed by atoms with Gasteiger partial charge in [-0.25, -0.2) is 5.43 Å². The normalized spacial score (nSPS) is 12.1. The summed E-state index contributed by atoms with van der Waals surface area (Å²) in [5.41, 5.74) is 6.53. The van der Waals surface area contributed by atoms with Gasteiger partial charge in [0.1, 0.15) is 0 Å². The summed E-state index contributed by atoms with van der Waals surface area (Å²) in [5, 5.41) is 4.25. The predicted octanol–water partition coefficient (Wildman–Crippen LogP) is 4.47. The van der Waals surface area contributed by atoms with Crippen LogP contribution in [0.5, 0.6) is 0 Å². The SMILES string of the molecule is C/C(CC(C)(C)c1ccccc1)=N/NC(=O)c1ccc(C)cc1. The molecule has 0 bridgehead atoms. The molecule has 0 radical (unpaired) electrons. The zero-order valence-corrected chi connectivity index (χ0v) is 14.3. The van der Waals surface area contributed by atoms with Crippen molar-refractivity contribution in [2.75, 3.05) is 0 Å². The Balaban J connectivity index is 2.00.